The summed E-state index contributed by atoms with van der Waals surface area (Å²) < 4.78 is 0. The normalized spacial score (nSPS) is 11.4. The van der Waals surface area contributed by atoms with Crippen LogP contribution in [-0.4, -0.2) is 45.5 Å². The Kier molecular flexibility index (Phi) is 8.03. The SMILES string of the molecule is CC(C)(C)N(CCO)C(=O)c1csc(N(C(=O)c2ccc(Cl)cc2Cl)c2ccc(Cl)cc2)n1. The summed E-state index contributed by atoms with van der Waals surface area (Å²) in [5, 5.41) is 12.4. The van der Waals surface area contributed by atoms with Crippen LogP contribution in [0.4, 0.5) is 10.8 Å². The number of anilines is 2. The number of rotatable bonds is 6. The highest BCUT2D eigenvalue weighted by Gasteiger charge is 2.30. The van der Waals surface area contributed by atoms with Gasteiger partial charge < -0.3 is 10.0 Å². The van der Waals surface area contributed by atoms with Gasteiger partial charge >= 0.3 is 0 Å². The number of carbonyl (C=O) groups is 2. The molecule has 0 spiro atoms. The molecule has 3 rings (SSSR count). The molecule has 2 amide bonds. The largest absolute Gasteiger partial charge is 0.395 e. The first kappa shape index (κ1) is 25.5. The monoisotopic (exact) mass is 525 g/mol. The maximum absolute atomic E-state index is 13.5. The van der Waals surface area contributed by atoms with E-state index in [1.807, 2.05) is 20.8 Å². The molecule has 174 valence electrons. The Labute approximate surface area is 211 Å². The summed E-state index contributed by atoms with van der Waals surface area (Å²) in [4.78, 5) is 34.1. The summed E-state index contributed by atoms with van der Waals surface area (Å²) >= 11 is 19.5. The topological polar surface area (TPSA) is 73.7 Å². The molecule has 1 aromatic heterocycles. The van der Waals surface area contributed by atoms with Crippen LogP contribution in [0, 0.1) is 0 Å². The highest BCUT2D eigenvalue weighted by molar-refractivity contribution is 7.14. The van der Waals surface area contributed by atoms with Gasteiger partial charge in [-0.3, -0.25) is 14.5 Å². The molecule has 0 radical (unpaired) electrons. The van der Waals surface area contributed by atoms with E-state index in [-0.39, 0.29) is 40.5 Å². The fourth-order valence-electron chi connectivity index (χ4n) is 3.13. The number of aliphatic hydroxyl groups is 1. The summed E-state index contributed by atoms with van der Waals surface area (Å²) in [7, 11) is 0. The Bertz CT molecular complexity index is 1160. The Hall–Kier alpha value is -2.16. The van der Waals surface area contributed by atoms with Crippen LogP contribution in [0.2, 0.25) is 15.1 Å². The van der Waals surface area contributed by atoms with E-state index >= 15 is 0 Å². The number of benzene rings is 2. The second-order valence-electron chi connectivity index (χ2n) is 8.11. The lowest BCUT2D eigenvalue weighted by molar-refractivity contribution is 0.0521. The number of aromatic nitrogens is 1. The molecule has 10 heteroatoms. The van der Waals surface area contributed by atoms with Crippen molar-refractivity contribution < 1.29 is 14.7 Å². The van der Waals surface area contributed by atoms with E-state index in [4.69, 9.17) is 34.8 Å². The van der Waals surface area contributed by atoms with E-state index in [1.54, 1.807) is 35.7 Å². The van der Waals surface area contributed by atoms with Crippen molar-refractivity contribution in [2.75, 3.05) is 18.1 Å². The van der Waals surface area contributed by atoms with Crippen molar-refractivity contribution in [3.63, 3.8) is 0 Å². The highest BCUT2D eigenvalue weighted by Crippen LogP contribution is 2.34. The zero-order valence-electron chi connectivity index (χ0n) is 18.2. The molecule has 6 nitrogen and oxygen atoms in total. The number of carbonyl (C=O) groups excluding carboxylic acids is 2. The summed E-state index contributed by atoms with van der Waals surface area (Å²) in [6.07, 6.45) is 0. The standard InChI is InChI=1S/C23H22Cl3N3O3S/c1-23(2,3)28(10-11-30)21(32)19-13-33-22(27-19)29(16-7-4-14(24)5-8-16)20(31)17-9-6-15(25)12-18(17)26/h4-9,12-13,30H,10-11H2,1-3H3. The van der Waals surface area contributed by atoms with Gasteiger partial charge in [-0.1, -0.05) is 34.8 Å². The van der Waals surface area contributed by atoms with Gasteiger partial charge in [0, 0.05) is 27.5 Å². The fraction of sp³-hybridized carbons (Fsp3) is 0.261. The average Bonchev–Trinajstić information content (AvgIpc) is 3.22. The molecule has 3 aromatic rings. The van der Waals surface area contributed by atoms with Gasteiger partial charge in [-0.2, -0.15) is 0 Å². The van der Waals surface area contributed by atoms with Gasteiger partial charge in [-0.25, -0.2) is 4.98 Å². The number of aliphatic hydroxyl groups excluding tert-OH is 1. The second-order valence-corrected chi connectivity index (χ2v) is 10.2. The van der Waals surface area contributed by atoms with E-state index in [1.165, 1.54) is 21.9 Å². The Morgan fingerprint density at radius 1 is 1.00 bits per heavy atom. The zero-order valence-corrected chi connectivity index (χ0v) is 21.3. The smallest absolute Gasteiger partial charge is 0.273 e. The molecule has 0 atom stereocenters. The van der Waals surface area contributed by atoms with Crippen LogP contribution in [-0.2, 0) is 0 Å². The van der Waals surface area contributed by atoms with Crippen LogP contribution in [0.15, 0.2) is 47.8 Å². The maximum atomic E-state index is 13.5. The van der Waals surface area contributed by atoms with Crippen molar-refractivity contribution in [1.29, 1.82) is 0 Å². The lowest BCUT2D eigenvalue weighted by atomic mass is 10.1. The molecule has 0 aliphatic heterocycles. The molecule has 0 saturated heterocycles. The number of thiazole rings is 1. The van der Waals surface area contributed by atoms with Crippen LogP contribution in [0.5, 0.6) is 0 Å². The molecule has 0 unspecified atom stereocenters. The molecule has 2 aromatic carbocycles. The molecule has 1 N–H and O–H groups in total. The fourth-order valence-corrected chi connectivity index (χ4v) is 4.56. The molecule has 1 heterocycles. The van der Waals surface area contributed by atoms with Gasteiger partial charge in [0.15, 0.2) is 5.13 Å². The predicted molar refractivity (Wildman–Crippen MR) is 134 cm³/mol. The molecule has 0 saturated carbocycles. The van der Waals surface area contributed by atoms with Crippen molar-refractivity contribution >= 4 is 68.8 Å². The van der Waals surface area contributed by atoms with Gasteiger partial charge in [0.2, 0.25) is 0 Å². The van der Waals surface area contributed by atoms with Gasteiger partial charge in [0.1, 0.15) is 5.69 Å². The van der Waals surface area contributed by atoms with Crippen LogP contribution >= 0.6 is 46.1 Å². The minimum atomic E-state index is -0.522. The number of hydrogen-bond donors (Lipinski definition) is 1. The quantitative estimate of drug-likeness (QED) is 0.408. The molecule has 0 fully saturated rings. The van der Waals surface area contributed by atoms with Crippen molar-refractivity contribution in [3.8, 4) is 0 Å². The number of hydrogen-bond acceptors (Lipinski definition) is 5. The third-order valence-electron chi connectivity index (χ3n) is 4.73. The summed E-state index contributed by atoms with van der Waals surface area (Å²) in [6, 6.07) is 11.3. The van der Waals surface area contributed by atoms with Gasteiger partial charge in [-0.15, -0.1) is 11.3 Å². The average molecular weight is 527 g/mol. The first-order chi connectivity index (χ1) is 15.5. The van der Waals surface area contributed by atoms with E-state index in [2.05, 4.69) is 4.98 Å². The summed E-state index contributed by atoms with van der Waals surface area (Å²) in [6.45, 7) is 5.61. The van der Waals surface area contributed by atoms with Gasteiger partial charge in [-0.05, 0) is 63.2 Å². The van der Waals surface area contributed by atoms with Crippen LogP contribution in [0.25, 0.3) is 0 Å². The Morgan fingerprint density at radius 2 is 1.64 bits per heavy atom. The van der Waals surface area contributed by atoms with Crippen molar-refractivity contribution in [1.82, 2.24) is 9.88 Å². The molecular formula is C23H22Cl3N3O3S. The minimum absolute atomic E-state index is 0.162. The number of nitrogens with zero attached hydrogens (tertiary/aromatic N) is 3. The van der Waals surface area contributed by atoms with E-state index < -0.39 is 11.4 Å². The lowest BCUT2D eigenvalue weighted by Gasteiger charge is -2.34. The zero-order chi connectivity index (χ0) is 24.3. The van der Waals surface area contributed by atoms with E-state index in [0.29, 0.717) is 15.7 Å². The number of β-amino-alcohol motifs (C(OH)–C–C–N with tert-alkyl or cyclic N) is 1. The van der Waals surface area contributed by atoms with E-state index in [0.717, 1.165) is 11.3 Å². The summed E-state index contributed by atoms with van der Waals surface area (Å²) in [5.41, 5.74) is 0.390. The molecule has 0 aliphatic carbocycles. The third-order valence-corrected chi connectivity index (χ3v) is 6.36. The van der Waals surface area contributed by atoms with Crippen LogP contribution < -0.4 is 4.90 Å². The second kappa shape index (κ2) is 10.4. The van der Waals surface area contributed by atoms with Crippen molar-refractivity contribution in [2.24, 2.45) is 0 Å². The molecule has 0 aliphatic rings. The molecular weight excluding hydrogens is 505 g/mol. The predicted octanol–water partition coefficient (Wildman–Crippen LogP) is 6.31. The molecule has 33 heavy (non-hydrogen) atoms. The van der Waals surface area contributed by atoms with E-state index in [9.17, 15) is 14.7 Å². The first-order valence-electron chi connectivity index (χ1n) is 9.96. The van der Waals surface area contributed by atoms with Gasteiger partial charge in [0.25, 0.3) is 11.8 Å². The van der Waals surface area contributed by atoms with Crippen molar-refractivity contribution in [3.05, 3.63) is 74.2 Å². The maximum Gasteiger partial charge on any atom is 0.273 e. The lowest BCUT2D eigenvalue weighted by Crippen LogP contribution is -2.47. The van der Waals surface area contributed by atoms with Gasteiger partial charge in [0.05, 0.1) is 22.9 Å². The summed E-state index contributed by atoms with van der Waals surface area (Å²) in [5.74, 6) is -0.776. The van der Waals surface area contributed by atoms with Crippen LogP contribution in [0.1, 0.15) is 41.6 Å². The Balaban J connectivity index is 2.05. The number of halogens is 3. The molecule has 0 bridgehead atoms. The third kappa shape index (κ3) is 5.86. The minimum Gasteiger partial charge on any atom is -0.395 e. The van der Waals surface area contributed by atoms with Crippen LogP contribution in [0.3, 0.4) is 0 Å². The highest BCUT2D eigenvalue weighted by atomic mass is 35.5. The first-order valence-corrected chi connectivity index (χ1v) is 12.0. The number of amides is 2. The Morgan fingerprint density at radius 3 is 2.21 bits per heavy atom. The van der Waals surface area contributed by atoms with Crippen molar-refractivity contribution in [2.45, 2.75) is 26.3 Å².